The Morgan fingerprint density at radius 2 is 1.74 bits per heavy atom. The first kappa shape index (κ1) is 48.2. The second-order valence-corrected chi connectivity index (χ2v) is 17.9. The van der Waals surface area contributed by atoms with Gasteiger partial charge < -0.3 is 43.5 Å². The van der Waals surface area contributed by atoms with Crippen LogP contribution < -0.4 is 9.47 Å². The maximum Gasteiger partial charge on any atom is 0.410 e. The molecule has 65 heavy (non-hydrogen) atoms. The highest BCUT2D eigenvalue weighted by Gasteiger charge is 2.65. The van der Waals surface area contributed by atoms with E-state index < -0.39 is 30.1 Å². The quantitative estimate of drug-likeness (QED) is 0.0538. The molecular weight excluding hydrogens is 825 g/mol. The number of unbranched alkanes of at least 4 members (excludes halogenated alkanes) is 2. The van der Waals surface area contributed by atoms with Gasteiger partial charge in [0.1, 0.15) is 29.9 Å². The summed E-state index contributed by atoms with van der Waals surface area (Å²) in [4.78, 5) is 22.7. The molecule has 1 amide bonds. The highest BCUT2D eigenvalue weighted by molar-refractivity contribution is 6.03. The Morgan fingerprint density at radius 3 is 2.48 bits per heavy atom. The van der Waals surface area contributed by atoms with Crippen molar-refractivity contribution in [3.63, 3.8) is 0 Å². The van der Waals surface area contributed by atoms with Crippen molar-refractivity contribution in [1.29, 1.82) is 0 Å². The number of oxime groups is 1. The number of benzene rings is 3. The number of aliphatic hydroxyl groups excluding tert-OH is 2. The lowest BCUT2D eigenvalue weighted by Gasteiger charge is -2.60. The molecule has 0 bridgehead atoms. The number of aliphatic hydroxyl groups is 2. The SMILES string of the molecule is C=CCOC12Oc3ccc(Oc4ccc(C)c(C)c4)cc3C3C(CCCCO)C(CCCCO)C=C(C(=NOC4CCCCO4)CC1N(CCC)C(=O)OCCOCc1ccccc1)C32. The number of rotatable bonds is 23. The minimum atomic E-state index is -1.40. The van der Waals surface area contributed by atoms with E-state index >= 15 is 0 Å². The minimum Gasteiger partial charge on any atom is -0.459 e. The van der Waals surface area contributed by atoms with Gasteiger partial charge in [0.2, 0.25) is 12.1 Å². The van der Waals surface area contributed by atoms with Crippen molar-refractivity contribution in [2.75, 3.05) is 46.2 Å². The molecule has 2 aliphatic heterocycles. The Kier molecular flexibility index (Phi) is 17.5. The van der Waals surface area contributed by atoms with Crippen molar-refractivity contribution in [1.82, 2.24) is 4.90 Å². The molecule has 3 aromatic rings. The topological polar surface area (TPSA) is 138 Å². The van der Waals surface area contributed by atoms with E-state index in [0.717, 1.165) is 73.0 Å². The summed E-state index contributed by atoms with van der Waals surface area (Å²) in [6, 6.07) is 21.3. The van der Waals surface area contributed by atoms with Crippen LogP contribution >= 0.6 is 0 Å². The van der Waals surface area contributed by atoms with Crippen molar-refractivity contribution in [3.05, 3.63) is 113 Å². The molecule has 0 spiro atoms. The van der Waals surface area contributed by atoms with Crippen LogP contribution in [0.1, 0.15) is 106 Å². The number of amides is 1. The van der Waals surface area contributed by atoms with Gasteiger partial charge in [-0.2, -0.15) is 0 Å². The largest absolute Gasteiger partial charge is 0.459 e. The Balaban J connectivity index is 1.35. The molecule has 2 heterocycles. The predicted octanol–water partition coefficient (Wildman–Crippen LogP) is 10.3. The van der Waals surface area contributed by atoms with E-state index in [4.69, 9.17) is 38.4 Å². The van der Waals surface area contributed by atoms with Crippen molar-refractivity contribution >= 4 is 11.8 Å². The van der Waals surface area contributed by atoms with Crippen LogP contribution in [0.5, 0.6) is 17.2 Å². The van der Waals surface area contributed by atoms with Crippen LogP contribution in [0.3, 0.4) is 0 Å². The summed E-state index contributed by atoms with van der Waals surface area (Å²) in [7, 11) is 0. The minimum absolute atomic E-state index is 0.0643. The number of carbonyl (C=O) groups is 1. The fraction of sp³-hybridized carbons (Fsp3) is 0.547. The number of allylic oxidation sites excluding steroid dienone is 1. The van der Waals surface area contributed by atoms with E-state index in [1.54, 1.807) is 11.0 Å². The molecule has 7 unspecified atom stereocenters. The van der Waals surface area contributed by atoms with Crippen molar-refractivity contribution in [3.8, 4) is 17.2 Å². The standard InChI is InChI=1S/C53H70N2O10/c1-5-25-55(52(58)61-31-30-59-36-39-16-8-7-9-17-39)48-35-46(54-65-49-20-12-15-29-60-49)44-33-40(18-10-13-26-56)43(19-11-14-27-57)50-45-34-42(63-41-22-21-37(3)38(4)32-41)23-24-47(45)64-53(48,51(44)50)62-28-6-2/h6-9,16-17,21-24,32-34,40,43,48-51,56-57H,2,5,10-15,18-20,25-31,35-36H2,1,3-4H3. The van der Waals surface area contributed by atoms with Gasteiger partial charge in [0.05, 0.1) is 38.1 Å². The molecule has 7 atom stereocenters. The third-order valence-corrected chi connectivity index (χ3v) is 13.4. The Bertz CT molecular complexity index is 2070. The summed E-state index contributed by atoms with van der Waals surface area (Å²) < 4.78 is 39.1. The molecule has 4 aliphatic rings. The zero-order valence-electron chi connectivity index (χ0n) is 38.7. The molecular formula is C53H70N2O10. The van der Waals surface area contributed by atoms with Gasteiger partial charge in [-0.25, -0.2) is 4.79 Å². The molecule has 0 radical (unpaired) electrons. The molecule has 2 fully saturated rings. The average molecular weight is 895 g/mol. The Hall–Kier alpha value is -4.72. The third kappa shape index (κ3) is 11.6. The zero-order valence-corrected chi connectivity index (χ0v) is 38.7. The first-order valence-corrected chi connectivity index (χ1v) is 24.0. The first-order valence-electron chi connectivity index (χ1n) is 24.0. The fourth-order valence-corrected chi connectivity index (χ4v) is 10.2. The maximum atomic E-state index is 14.6. The van der Waals surface area contributed by atoms with Crippen LogP contribution in [-0.2, 0) is 30.4 Å². The van der Waals surface area contributed by atoms with E-state index in [1.165, 1.54) is 5.56 Å². The summed E-state index contributed by atoms with van der Waals surface area (Å²) in [6.07, 6.45) is 11.4. The fourth-order valence-electron chi connectivity index (χ4n) is 10.2. The molecule has 2 aliphatic carbocycles. The Labute approximate surface area is 385 Å². The molecule has 1 saturated heterocycles. The van der Waals surface area contributed by atoms with E-state index in [2.05, 4.69) is 44.7 Å². The van der Waals surface area contributed by atoms with E-state index in [0.29, 0.717) is 56.2 Å². The second-order valence-electron chi connectivity index (χ2n) is 17.9. The highest BCUT2D eigenvalue weighted by Crippen LogP contribution is 2.62. The van der Waals surface area contributed by atoms with Gasteiger partial charge in [0, 0.05) is 44.1 Å². The summed E-state index contributed by atoms with van der Waals surface area (Å²) in [5, 5.41) is 25.0. The lowest BCUT2D eigenvalue weighted by molar-refractivity contribution is -0.255. The number of nitrogens with zero attached hydrogens (tertiary/aromatic N) is 2. The Morgan fingerprint density at radius 1 is 0.954 bits per heavy atom. The lowest BCUT2D eigenvalue weighted by atomic mass is 9.55. The second kappa shape index (κ2) is 23.6. The number of hydrogen-bond donors (Lipinski definition) is 2. The summed E-state index contributed by atoms with van der Waals surface area (Å²) in [5.74, 6) is 0.165. The summed E-state index contributed by atoms with van der Waals surface area (Å²) in [5.41, 5.74) is 6.03. The van der Waals surface area contributed by atoms with Gasteiger partial charge in [-0.3, -0.25) is 4.90 Å². The van der Waals surface area contributed by atoms with Crippen molar-refractivity contribution in [2.24, 2.45) is 22.9 Å². The van der Waals surface area contributed by atoms with Gasteiger partial charge >= 0.3 is 6.09 Å². The number of carbonyl (C=O) groups excluding carboxylic acids is 1. The van der Waals surface area contributed by atoms with Crippen LogP contribution in [0.4, 0.5) is 4.79 Å². The predicted molar refractivity (Wildman–Crippen MR) is 250 cm³/mol. The average Bonchev–Trinajstić information content (AvgIpc) is 3.32. The van der Waals surface area contributed by atoms with Crippen molar-refractivity contribution in [2.45, 2.75) is 122 Å². The van der Waals surface area contributed by atoms with Crippen LogP contribution in [-0.4, -0.2) is 91.2 Å². The van der Waals surface area contributed by atoms with Crippen molar-refractivity contribution < 1.29 is 48.3 Å². The van der Waals surface area contributed by atoms with Gasteiger partial charge in [0.25, 0.3) is 0 Å². The van der Waals surface area contributed by atoms with E-state index in [1.807, 2.05) is 55.5 Å². The van der Waals surface area contributed by atoms with Crippen LogP contribution in [0, 0.1) is 31.6 Å². The molecule has 0 aromatic heterocycles. The van der Waals surface area contributed by atoms with Gasteiger partial charge in [-0.05, 0) is 123 Å². The van der Waals surface area contributed by atoms with Crippen LogP contribution in [0.2, 0.25) is 0 Å². The maximum absolute atomic E-state index is 14.6. The zero-order chi connectivity index (χ0) is 45.6. The smallest absolute Gasteiger partial charge is 0.410 e. The molecule has 12 nitrogen and oxygen atoms in total. The van der Waals surface area contributed by atoms with Crippen LogP contribution in [0.25, 0.3) is 0 Å². The molecule has 1 saturated carbocycles. The molecule has 7 rings (SSSR count). The van der Waals surface area contributed by atoms with Gasteiger partial charge in [0.15, 0.2) is 0 Å². The molecule has 12 heteroatoms. The van der Waals surface area contributed by atoms with E-state index in [9.17, 15) is 15.0 Å². The van der Waals surface area contributed by atoms with Gasteiger partial charge in [-0.15, -0.1) is 6.58 Å². The first-order chi connectivity index (χ1) is 31.8. The monoisotopic (exact) mass is 895 g/mol. The lowest BCUT2D eigenvalue weighted by Crippen LogP contribution is -2.70. The normalized spacial score (nSPS) is 25.1. The molecule has 352 valence electrons. The number of aryl methyl sites for hydroxylation is 2. The number of hydrogen-bond acceptors (Lipinski definition) is 11. The highest BCUT2D eigenvalue weighted by atomic mass is 16.8. The number of fused-ring (bicyclic) bond motifs is 2. The number of ether oxygens (including phenoxy) is 6. The summed E-state index contributed by atoms with van der Waals surface area (Å²) in [6.45, 7) is 12.3. The molecule has 2 N–H and O–H groups in total. The van der Waals surface area contributed by atoms with Crippen LogP contribution in [0.15, 0.2) is 96.2 Å². The third-order valence-electron chi connectivity index (χ3n) is 13.4. The van der Waals surface area contributed by atoms with Gasteiger partial charge in [-0.1, -0.05) is 73.5 Å². The summed E-state index contributed by atoms with van der Waals surface area (Å²) >= 11 is 0. The van der Waals surface area contributed by atoms with E-state index in [-0.39, 0.29) is 57.2 Å². The molecule has 3 aromatic carbocycles.